The summed E-state index contributed by atoms with van der Waals surface area (Å²) in [5.74, 6) is -1.09. The van der Waals surface area contributed by atoms with Crippen LogP contribution in [0.2, 0.25) is 0 Å². The van der Waals surface area contributed by atoms with Crippen LogP contribution in [-0.2, 0) is 28.6 Å². The van der Waals surface area contributed by atoms with Gasteiger partial charge in [-0.2, -0.15) is 0 Å². The van der Waals surface area contributed by atoms with Crippen LogP contribution in [0.15, 0.2) is 158 Å². The maximum absolute atomic E-state index is 12.8. The van der Waals surface area contributed by atoms with Gasteiger partial charge in [-0.1, -0.05) is 217 Å². The Kier molecular flexibility index (Phi) is 47.7. The first-order valence-corrected chi connectivity index (χ1v) is 25.1. The van der Waals surface area contributed by atoms with Gasteiger partial charge in [0.25, 0.3) is 0 Å². The van der Waals surface area contributed by atoms with Crippen molar-refractivity contribution in [2.75, 3.05) is 13.2 Å². The van der Waals surface area contributed by atoms with Crippen LogP contribution in [-0.4, -0.2) is 37.2 Å². The molecule has 0 fully saturated rings. The lowest BCUT2D eigenvalue weighted by atomic mass is 10.1. The van der Waals surface area contributed by atoms with Crippen LogP contribution in [0.4, 0.5) is 0 Å². The van der Waals surface area contributed by atoms with Crippen LogP contribution in [0.1, 0.15) is 175 Å². The van der Waals surface area contributed by atoms with Crippen LogP contribution in [0.25, 0.3) is 0 Å². The average Bonchev–Trinajstić information content (AvgIpc) is 3.30. The highest BCUT2D eigenvalue weighted by Crippen LogP contribution is 2.12. The Balaban J connectivity index is 4.64. The molecule has 0 aromatic rings. The Hall–Kier alpha value is -4.97. The molecular formula is C59H88O6. The lowest BCUT2D eigenvalue weighted by Gasteiger charge is -2.18. The molecule has 0 spiro atoms. The highest BCUT2D eigenvalue weighted by molar-refractivity contribution is 5.71. The van der Waals surface area contributed by atoms with Crippen molar-refractivity contribution in [3.05, 3.63) is 158 Å². The third-order valence-electron chi connectivity index (χ3n) is 9.68. The van der Waals surface area contributed by atoms with Gasteiger partial charge in [0.2, 0.25) is 0 Å². The van der Waals surface area contributed by atoms with Gasteiger partial charge in [-0.3, -0.25) is 14.4 Å². The topological polar surface area (TPSA) is 78.9 Å². The SMILES string of the molecule is CC\C=C/C=C\C=C/C=C\C=C\C=C/CCCCCC(=O)OCC(COC(=O)CCCCCCCCC/C=C\C/C=C\CC)OC(=O)CC/C=C\C/C=C\C/C=C\C/C=C\C/C=C\CC. The summed E-state index contributed by atoms with van der Waals surface area (Å²) in [5.41, 5.74) is 0. The number of ether oxygens (including phenoxy) is 3. The lowest BCUT2D eigenvalue weighted by molar-refractivity contribution is -0.166. The summed E-state index contributed by atoms with van der Waals surface area (Å²) in [6, 6.07) is 0. The Morgan fingerprint density at radius 2 is 0.662 bits per heavy atom. The predicted molar refractivity (Wildman–Crippen MR) is 278 cm³/mol. The van der Waals surface area contributed by atoms with E-state index < -0.39 is 12.1 Å². The molecule has 0 radical (unpaired) electrons. The number of allylic oxidation sites excluding steroid dienone is 26. The molecule has 0 aliphatic carbocycles. The second-order valence-corrected chi connectivity index (χ2v) is 15.7. The minimum atomic E-state index is -0.847. The van der Waals surface area contributed by atoms with E-state index in [1.807, 2.05) is 72.9 Å². The maximum atomic E-state index is 12.8. The van der Waals surface area contributed by atoms with E-state index in [4.69, 9.17) is 14.2 Å². The van der Waals surface area contributed by atoms with Gasteiger partial charge in [0.05, 0.1) is 0 Å². The van der Waals surface area contributed by atoms with E-state index >= 15 is 0 Å². The molecule has 0 saturated heterocycles. The van der Waals surface area contributed by atoms with E-state index in [0.717, 1.165) is 96.3 Å². The lowest BCUT2D eigenvalue weighted by Crippen LogP contribution is -2.30. The average molecular weight is 893 g/mol. The predicted octanol–water partition coefficient (Wildman–Crippen LogP) is 16.6. The molecule has 0 aliphatic rings. The molecule has 0 rings (SSSR count). The Bertz CT molecular complexity index is 1540. The molecule has 1 atom stereocenters. The summed E-state index contributed by atoms with van der Waals surface area (Å²) < 4.78 is 16.7. The zero-order valence-corrected chi connectivity index (χ0v) is 40.9. The first kappa shape index (κ1) is 60.0. The number of hydrogen-bond acceptors (Lipinski definition) is 6. The van der Waals surface area contributed by atoms with Crippen molar-refractivity contribution in [3.8, 4) is 0 Å². The molecule has 1 unspecified atom stereocenters. The maximum Gasteiger partial charge on any atom is 0.306 e. The van der Waals surface area contributed by atoms with Crippen LogP contribution in [0.5, 0.6) is 0 Å². The smallest absolute Gasteiger partial charge is 0.306 e. The molecule has 6 nitrogen and oxygen atoms in total. The van der Waals surface area contributed by atoms with Crippen molar-refractivity contribution in [2.24, 2.45) is 0 Å². The minimum absolute atomic E-state index is 0.135. The fourth-order valence-electron chi connectivity index (χ4n) is 6.03. The fourth-order valence-corrected chi connectivity index (χ4v) is 6.03. The number of carbonyl (C=O) groups excluding carboxylic acids is 3. The van der Waals surface area contributed by atoms with Gasteiger partial charge in [-0.15, -0.1) is 0 Å². The van der Waals surface area contributed by atoms with Gasteiger partial charge in [-0.05, 0) is 96.3 Å². The van der Waals surface area contributed by atoms with E-state index in [9.17, 15) is 14.4 Å². The summed E-state index contributed by atoms with van der Waals surface area (Å²) in [6.07, 6.45) is 75.2. The molecule has 0 bridgehead atoms. The normalized spacial score (nSPS) is 13.5. The van der Waals surface area contributed by atoms with Crippen LogP contribution in [0.3, 0.4) is 0 Å². The van der Waals surface area contributed by atoms with Crippen LogP contribution in [0, 0.1) is 0 Å². The summed E-state index contributed by atoms with van der Waals surface area (Å²) in [6.45, 7) is 6.13. The molecule has 360 valence electrons. The molecule has 0 aromatic carbocycles. The van der Waals surface area contributed by atoms with Crippen molar-refractivity contribution in [1.29, 1.82) is 0 Å². The first-order chi connectivity index (χ1) is 32.0. The second kappa shape index (κ2) is 51.7. The number of carbonyl (C=O) groups is 3. The Labute approximate surface area is 397 Å². The zero-order valence-electron chi connectivity index (χ0n) is 40.9. The molecule has 6 heteroatoms. The van der Waals surface area contributed by atoms with E-state index in [1.165, 1.54) is 25.7 Å². The van der Waals surface area contributed by atoms with E-state index in [-0.39, 0.29) is 38.0 Å². The first-order valence-electron chi connectivity index (χ1n) is 25.1. The number of hydrogen-bond donors (Lipinski definition) is 0. The Morgan fingerprint density at radius 3 is 1.12 bits per heavy atom. The third-order valence-corrected chi connectivity index (χ3v) is 9.68. The fraction of sp³-hybridized carbons (Fsp3) is 0.508. The van der Waals surface area contributed by atoms with E-state index in [2.05, 4.69) is 106 Å². The number of unbranched alkanes of at least 4 members (excludes halogenated alkanes) is 10. The highest BCUT2D eigenvalue weighted by Gasteiger charge is 2.19. The van der Waals surface area contributed by atoms with Crippen molar-refractivity contribution in [1.82, 2.24) is 0 Å². The standard InChI is InChI=1S/C59H88O6/c1-4-7-10-13-16-19-22-25-28-30-32-34-37-40-43-46-49-52-58(61)64-55-56(54-63-57(60)51-48-45-42-39-36-33-27-24-21-18-15-12-9-6-3)65-59(62)53-50-47-44-41-38-35-31-29-26-23-20-17-14-11-8-5-2/h7-13,16-22,25-26,28-30,32,34-35,37-38,44,47,56H,4-6,14-15,23-24,27,31,33,36,39-43,45-46,48-55H2,1-3H3/b10-7-,11-8-,12-9-,16-13-,20-17-,21-18-,22-19-,28-25-,29-26-,32-30+,37-34-,38-35-,47-44-. The van der Waals surface area contributed by atoms with Crippen molar-refractivity contribution in [2.45, 2.75) is 181 Å². The second-order valence-electron chi connectivity index (χ2n) is 15.7. The number of esters is 3. The molecule has 0 amide bonds. The monoisotopic (exact) mass is 893 g/mol. The van der Waals surface area contributed by atoms with Gasteiger partial charge in [0, 0.05) is 19.3 Å². The third kappa shape index (κ3) is 49.9. The number of rotatable bonds is 42. The largest absolute Gasteiger partial charge is 0.462 e. The quantitative estimate of drug-likeness (QED) is 0.0200. The molecule has 0 heterocycles. The molecule has 65 heavy (non-hydrogen) atoms. The van der Waals surface area contributed by atoms with E-state index in [0.29, 0.717) is 19.3 Å². The molecule has 0 aromatic heterocycles. The van der Waals surface area contributed by atoms with Gasteiger partial charge >= 0.3 is 17.9 Å². The minimum Gasteiger partial charge on any atom is -0.462 e. The molecule has 0 saturated carbocycles. The van der Waals surface area contributed by atoms with Crippen LogP contribution < -0.4 is 0 Å². The zero-order chi connectivity index (χ0) is 47.2. The summed E-state index contributed by atoms with van der Waals surface area (Å²) in [5, 5.41) is 0. The van der Waals surface area contributed by atoms with Crippen LogP contribution >= 0.6 is 0 Å². The Morgan fingerprint density at radius 1 is 0.323 bits per heavy atom. The molecule has 0 N–H and O–H groups in total. The summed E-state index contributed by atoms with van der Waals surface area (Å²) in [4.78, 5) is 37.9. The van der Waals surface area contributed by atoms with Gasteiger partial charge in [-0.25, -0.2) is 0 Å². The van der Waals surface area contributed by atoms with Crippen molar-refractivity contribution >= 4 is 17.9 Å². The summed E-state index contributed by atoms with van der Waals surface area (Å²) in [7, 11) is 0. The molecule has 0 aliphatic heterocycles. The molecular weight excluding hydrogens is 805 g/mol. The van der Waals surface area contributed by atoms with Crippen molar-refractivity contribution < 1.29 is 28.6 Å². The van der Waals surface area contributed by atoms with Gasteiger partial charge in [0.15, 0.2) is 6.10 Å². The summed E-state index contributed by atoms with van der Waals surface area (Å²) >= 11 is 0. The van der Waals surface area contributed by atoms with Gasteiger partial charge < -0.3 is 14.2 Å². The van der Waals surface area contributed by atoms with Gasteiger partial charge in [0.1, 0.15) is 13.2 Å². The van der Waals surface area contributed by atoms with E-state index in [1.54, 1.807) is 0 Å². The van der Waals surface area contributed by atoms with Crippen molar-refractivity contribution in [3.63, 3.8) is 0 Å². The highest BCUT2D eigenvalue weighted by atomic mass is 16.6.